The third kappa shape index (κ3) is 4.35. The van der Waals surface area contributed by atoms with Gasteiger partial charge in [0.05, 0.1) is 22.9 Å². The topological polar surface area (TPSA) is 68.5 Å². The Morgan fingerprint density at radius 1 is 1.32 bits per heavy atom. The van der Waals surface area contributed by atoms with Gasteiger partial charge in [0.2, 0.25) is 5.69 Å². The Morgan fingerprint density at radius 2 is 2.13 bits per heavy atom. The number of nitrogens with zero attached hydrogens (tertiary/aromatic N) is 2. The molecular weight excluding hydrogens is 392 g/mol. The number of hydrogen-bond donors (Lipinski definition) is 0. The van der Waals surface area contributed by atoms with E-state index in [1.165, 1.54) is 31.4 Å². The summed E-state index contributed by atoms with van der Waals surface area (Å²) >= 11 is 0. The Kier molecular flexibility index (Phi) is 6.37. The lowest BCUT2D eigenvalue weighted by Gasteiger charge is -2.22. The minimum absolute atomic E-state index is 0.128. The molecule has 1 aromatic carbocycles. The van der Waals surface area contributed by atoms with Crippen LogP contribution in [-0.2, 0) is 16.6 Å². The Hall–Kier alpha value is -2.73. The summed E-state index contributed by atoms with van der Waals surface area (Å²) in [5.41, 5.74) is 4.01. The predicted octanol–water partition coefficient (Wildman–Crippen LogP) is 5.57. The zero-order valence-corrected chi connectivity index (χ0v) is 18.4. The van der Waals surface area contributed by atoms with Crippen LogP contribution in [0.3, 0.4) is 0 Å². The van der Waals surface area contributed by atoms with E-state index in [1.807, 2.05) is 19.1 Å². The van der Waals surface area contributed by atoms with Gasteiger partial charge in [0.15, 0.2) is 12.3 Å². The Labute approximate surface area is 183 Å². The van der Waals surface area contributed by atoms with E-state index in [1.54, 1.807) is 24.7 Å². The smallest absolute Gasteiger partial charge is 0.270 e. The average molecular weight is 424 g/mol. The predicted molar refractivity (Wildman–Crippen MR) is 120 cm³/mol. The molecule has 1 unspecified atom stereocenters. The molecule has 1 saturated carbocycles. The molecule has 1 atom stereocenters. The van der Waals surface area contributed by atoms with Crippen molar-refractivity contribution in [3.63, 3.8) is 0 Å². The lowest BCUT2D eigenvalue weighted by molar-refractivity contribution is -0.442. The average Bonchev–Trinajstić information content (AvgIpc) is 3.49. The number of fused-ring (bicyclic) bond motifs is 1. The SMILES string of the molecule is CCOCC[N+]1=C(/C=C/C2CCCC2)C(C)(Cc2ccoc2)c2cc([N+](=O)[O-])ccc21. The summed E-state index contributed by atoms with van der Waals surface area (Å²) in [7, 11) is 0. The van der Waals surface area contributed by atoms with E-state index in [2.05, 4.69) is 23.7 Å². The second-order valence-corrected chi connectivity index (χ2v) is 8.74. The molecule has 1 aromatic heterocycles. The van der Waals surface area contributed by atoms with Crippen molar-refractivity contribution in [3.8, 4) is 0 Å². The Balaban J connectivity index is 1.82. The largest absolute Gasteiger partial charge is 0.472 e. The quantitative estimate of drug-likeness (QED) is 0.229. The first-order valence-corrected chi connectivity index (χ1v) is 11.2. The number of hydrogen-bond acceptors (Lipinski definition) is 4. The normalized spacial score (nSPS) is 21.4. The number of benzene rings is 1. The van der Waals surface area contributed by atoms with Crippen LogP contribution < -0.4 is 0 Å². The van der Waals surface area contributed by atoms with Gasteiger partial charge < -0.3 is 9.15 Å². The summed E-state index contributed by atoms with van der Waals surface area (Å²) in [5, 5.41) is 11.5. The van der Waals surface area contributed by atoms with Crippen LogP contribution in [0.4, 0.5) is 11.4 Å². The maximum absolute atomic E-state index is 11.5. The van der Waals surface area contributed by atoms with Crippen molar-refractivity contribution >= 4 is 17.1 Å². The van der Waals surface area contributed by atoms with Crippen molar-refractivity contribution in [3.05, 3.63) is 70.2 Å². The van der Waals surface area contributed by atoms with E-state index in [9.17, 15) is 10.1 Å². The Morgan fingerprint density at radius 3 is 2.81 bits per heavy atom. The van der Waals surface area contributed by atoms with Crippen LogP contribution >= 0.6 is 0 Å². The number of nitro groups is 1. The van der Waals surface area contributed by atoms with Crippen LogP contribution in [0.25, 0.3) is 0 Å². The van der Waals surface area contributed by atoms with Crippen molar-refractivity contribution < 1.29 is 18.7 Å². The minimum atomic E-state index is -0.396. The van der Waals surface area contributed by atoms with Gasteiger partial charge in [0.25, 0.3) is 5.69 Å². The molecule has 164 valence electrons. The molecule has 31 heavy (non-hydrogen) atoms. The molecule has 0 bridgehead atoms. The second-order valence-electron chi connectivity index (χ2n) is 8.74. The Bertz CT molecular complexity index is 987. The lowest BCUT2D eigenvalue weighted by atomic mass is 9.74. The van der Waals surface area contributed by atoms with E-state index in [-0.39, 0.29) is 10.6 Å². The number of rotatable bonds is 9. The number of non-ortho nitro benzene ring substituents is 1. The van der Waals surface area contributed by atoms with Crippen LogP contribution in [0.2, 0.25) is 0 Å². The third-order valence-corrected chi connectivity index (χ3v) is 6.66. The third-order valence-electron chi connectivity index (χ3n) is 6.66. The molecular formula is C25H31N2O4+. The van der Waals surface area contributed by atoms with Crippen molar-refractivity contribution in [2.75, 3.05) is 19.8 Å². The maximum atomic E-state index is 11.5. The van der Waals surface area contributed by atoms with Crippen LogP contribution in [0, 0.1) is 16.0 Å². The van der Waals surface area contributed by atoms with E-state index >= 15 is 0 Å². The summed E-state index contributed by atoms with van der Waals surface area (Å²) in [4.78, 5) is 11.2. The molecule has 0 saturated heterocycles. The fraction of sp³-hybridized carbons (Fsp3) is 0.480. The van der Waals surface area contributed by atoms with Crippen molar-refractivity contribution in [1.29, 1.82) is 0 Å². The van der Waals surface area contributed by atoms with E-state index in [0.29, 0.717) is 32.1 Å². The molecule has 2 aromatic rings. The number of furan rings is 1. The fourth-order valence-corrected chi connectivity index (χ4v) is 5.06. The van der Waals surface area contributed by atoms with Crippen LogP contribution in [-0.4, -0.2) is 35.0 Å². The van der Waals surface area contributed by atoms with Gasteiger partial charge in [0.1, 0.15) is 6.61 Å². The second kappa shape index (κ2) is 9.18. The highest BCUT2D eigenvalue weighted by molar-refractivity contribution is 6.03. The summed E-state index contributed by atoms with van der Waals surface area (Å²) in [6, 6.07) is 7.22. The van der Waals surface area contributed by atoms with E-state index in [4.69, 9.17) is 9.15 Å². The van der Waals surface area contributed by atoms with E-state index < -0.39 is 5.41 Å². The first-order chi connectivity index (χ1) is 15.0. The first kappa shape index (κ1) is 21.5. The van der Waals surface area contributed by atoms with Crippen molar-refractivity contribution in [2.24, 2.45) is 5.92 Å². The van der Waals surface area contributed by atoms with Crippen LogP contribution in [0.5, 0.6) is 0 Å². The molecule has 0 amide bonds. The van der Waals surface area contributed by atoms with Crippen LogP contribution in [0.1, 0.15) is 50.7 Å². The molecule has 1 fully saturated rings. The van der Waals surface area contributed by atoms with Gasteiger partial charge in [0, 0.05) is 36.4 Å². The summed E-state index contributed by atoms with van der Waals surface area (Å²) in [5.74, 6) is 0.609. The monoisotopic (exact) mass is 423 g/mol. The number of allylic oxidation sites excluding steroid dienone is 2. The van der Waals surface area contributed by atoms with Crippen molar-refractivity contribution in [1.82, 2.24) is 0 Å². The first-order valence-electron chi connectivity index (χ1n) is 11.2. The molecule has 6 heteroatoms. The summed E-state index contributed by atoms with van der Waals surface area (Å²) in [6.07, 6.45) is 13.8. The summed E-state index contributed by atoms with van der Waals surface area (Å²) in [6.45, 7) is 6.17. The van der Waals surface area contributed by atoms with Crippen molar-refractivity contribution in [2.45, 2.75) is 51.4 Å². The molecule has 2 heterocycles. The zero-order chi connectivity index (χ0) is 21.8. The highest BCUT2D eigenvalue weighted by Gasteiger charge is 2.48. The number of nitro benzene ring substituents is 1. The molecule has 1 aliphatic heterocycles. The molecule has 6 nitrogen and oxygen atoms in total. The minimum Gasteiger partial charge on any atom is -0.472 e. The molecule has 2 aliphatic rings. The lowest BCUT2D eigenvalue weighted by Crippen LogP contribution is -2.34. The fourth-order valence-electron chi connectivity index (χ4n) is 5.06. The molecule has 0 radical (unpaired) electrons. The zero-order valence-electron chi connectivity index (χ0n) is 18.4. The highest BCUT2D eigenvalue weighted by Crippen LogP contribution is 2.44. The van der Waals surface area contributed by atoms with E-state index in [0.717, 1.165) is 16.8 Å². The van der Waals surface area contributed by atoms with Gasteiger partial charge >= 0.3 is 0 Å². The standard InChI is InChI=1S/C25H31N2O4/c1-3-30-15-13-26-23-10-9-21(27(28)29)16-22(23)25(2,17-20-12-14-31-18-20)24(26)11-8-19-6-4-5-7-19/h8-12,14,16,18-19H,3-7,13,15,17H2,1-2H3/q+1/b11-8+. The molecule has 4 rings (SSSR count). The van der Waals surface area contributed by atoms with Crippen LogP contribution in [0.15, 0.2) is 53.4 Å². The van der Waals surface area contributed by atoms with Gasteiger partial charge in [-0.1, -0.05) is 18.9 Å². The highest BCUT2D eigenvalue weighted by atomic mass is 16.6. The van der Waals surface area contributed by atoms with Gasteiger partial charge in [-0.25, -0.2) is 0 Å². The van der Waals surface area contributed by atoms with Gasteiger partial charge in [-0.05, 0) is 50.7 Å². The van der Waals surface area contributed by atoms with Gasteiger partial charge in [-0.3, -0.25) is 10.1 Å². The summed E-state index contributed by atoms with van der Waals surface area (Å²) < 4.78 is 13.3. The molecule has 1 aliphatic carbocycles. The molecule has 0 spiro atoms. The van der Waals surface area contributed by atoms with Gasteiger partial charge in [-0.2, -0.15) is 4.58 Å². The molecule has 0 N–H and O–H groups in total. The maximum Gasteiger partial charge on any atom is 0.270 e. The van der Waals surface area contributed by atoms with Gasteiger partial charge in [-0.15, -0.1) is 0 Å². The number of ether oxygens (including phenoxy) is 1.